The summed E-state index contributed by atoms with van der Waals surface area (Å²) in [5.41, 5.74) is 11.2. The average molecular weight is 312 g/mol. The molecule has 0 aromatic rings. The summed E-state index contributed by atoms with van der Waals surface area (Å²) >= 11 is 0. The summed E-state index contributed by atoms with van der Waals surface area (Å²) in [4.78, 5) is 7.98. The molecule has 0 aromatic carbocycles. The molecule has 0 radical (unpaired) electrons. The Labute approximate surface area is 137 Å². The minimum atomic E-state index is 0.302. The van der Waals surface area contributed by atoms with Gasteiger partial charge in [-0.25, -0.2) is 0 Å². The van der Waals surface area contributed by atoms with Crippen molar-refractivity contribution in [3.63, 3.8) is 0 Å². The predicted molar refractivity (Wildman–Crippen MR) is 98.2 cm³/mol. The van der Waals surface area contributed by atoms with Gasteiger partial charge in [-0.05, 0) is 6.42 Å². The Balaban J connectivity index is 3.25. The van der Waals surface area contributed by atoms with Crippen LogP contribution in [-0.2, 0) is 0 Å². The van der Waals surface area contributed by atoms with Gasteiger partial charge in [0, 0.05) is 13.6 Å². The molecule has 0 rings (SSSR count). The van der Waals surface area contributed by atoms with Crippen molar-refractivity contribution < 1.29 is 0 Å². The fourth-order valence-electron chi connectivity index (χ4n) is 2.38. The lowest BCUT2D eigenvalue weighted by atomic mass is 10.1. The third kappa shape index (κ3) is 15.1. The largest absolute Gasteiger partial charge is 0.370 e. The number of nitrogens with zero attached hydrogens (tertiary/aromatic N) is 2. The Morgan fingerprint density at radius 3 is 1.64 bits per heavy atom. The van der Waals surface area contributed by atoms with Gasteiger partial charge in [0.25, 0.3) is 0 Å². The molecule has 0 amide bonds. The molecule has 5 heteroatoms. The van der Waals surface area contributed by atoms with Crippen LogP contribution in [-0.4, -0.2) is 25.5 Å². The second-order valence-electron chi connectivity index (χ2n) is 5.89. The Morgan fingerprint density at radius 1 is 0.727 bits per heavy atom. The highest BCUT2D eigenvalue weighted by Gasteiger charge is 1.95. The number of guanidine groups is 2. The van der Waals surface area contributed by atoms with E-state index in [1.54, 1.807) is 7.05 Å². The van der Waals surface area contributed by atoms with Crippen LogP contribution in [0.1, 0.15) is 84.0 Å². The monoisotopic (exact) mass is 311 g/mol. The van der Waals surface area contributed by atoms with Gasteiger partial charge in [-0.2, -0.15) is 0 Å². The van der Waals surface area contributed by atoms with Crippen molar-refractivity contribution in [3.05, 3.63) is 0 Å². The molecule has 0 saturated heterocycles. The van der Waals surface area contributed by atoms with Gasteiger partial charge in [0.1, 0.15) is 0 Å². The molecule has 0 spiro atoms. The number of hydrogen-bond donors (Lipinski definition) is 3. The molecule has 5 N–H and O–H groups in total. The maximum atomic E-state index is 5.67. The molecule has 5 nitrogen and oxygen atoms in total. The van der Waals surface area contributed by atoms with E-state index in [2.05, 4.69) is 22.2 Å². The van der Waals surface area contributed by atoms with E-state index < -0.39 is 0 Å². The zero-order chi connectivity index (χ0) is 16.5. The summed E-state index contributed by atoms with van der Waals surface area (Å²) < 4.78 is 0. The number of unbranched alkanes of at least 4 members (excludes halogenated alkanes) is 11. The molecule has 0 unspecified atom stereocenters. The van der Waals surface area contributed by atoms with E-state index in [0.717, 1.165) is 13.0 Å². The van der Waals surface area contributed by atoms with E-state index in [0.29, 0.717) is 11.9 Å². The lowest BCUT2D eigenvalue weighted by molar-refractivity contribution is 0.545. The molecule has 0 aliphatic rings. The van der Waals surface area contributed by atoms with E-state index in [-0.39, 0.29) is 0 Å². The highest BCUT2D eigenvalue weighted by atomic mass is 15.2. The van der Waals surface area contributed by atoms with Crippen LogP contribution in [0.25, 0.3) is 0 Å². The minimum Gasteiger partial charge on any atom is -0.370 e. The van der Waals surface area contributed by atoms with Crippen LogP contribution in [0.15, 0.2) is 9.98 Å². The van der Waals surface area contributed by atoms with Crippen LogP contribution >= 0.6 is 0 Å². The van der Waals surface area contributed by atoms with E-state index in [9.17, 15) is 0 Å². The average Bonchev–Trinajstić information content (AvgIpc) is 2.51. The Bertz CT molecular complexity index is 299. The topological polar surface area (TPSA) is 88.8 Å². The van der Waals surface area contributed by atoms with Crippen molar-refractivity contribution in [1.29, 1.82) is 0 Å². The van der Waals surface area contributed by atoms with Gasteiger partial charge in [0.2, 0.25) is 0 Å². The zero-order valence-corrected chi connectivity index (χ0v) is 14.7. The van der Waals surface area contributed by atoms with E-state index in [4.69, 9.17) is 11.5 Å². The SMILES string of the molecule is CCCCCCCCCCCCCCN=C(N)NC(N)=NC. The van der Waals surface area contributed by atoms with Crippen molar-refractivity contribution in [2.45, 2.75) is 84.0 Å². The number of rotatable bonds is 13. The van der Waals surface area contributed by atoms with Crippen LogP contribution < -0.4 is 16.8 Å². The number of nitrogens with two attached hydrogens (primary N) is 2. The quantitative estimate of drug-likeness (QED) is 0.276. The van der Waals surface area contributed by atoms with Gasteiger partial charge in [-0.15, -0.1) is 0 Å². The van der Waals surface area contributed by atoms with Crippen LogP contribution in [0.3, 0.4) is 0 Å². The minimum absolute atomic E-state index is 0.302. The summed E-state index contributed by atoms with van der Waals surface area (Å²) in [5, 5.41) is 2.73. The van der Waals surface area contributed by atoms with Crippen LogP contribution in [0, 0.1) is 0 Å². The van der Waals surface area contributed by atoms with Crippen molar-refractivity contribution >= 4 is 11.9 Å². The van der Waals surface area contributed by atoms with Gasteiger partial charge >= 0.3 is 0 Å². The third-order valence-corrected chi connectivity index (χ3v) is 3.79. The van der Waals surface area contributed by atoms with E-state index in [1.165, 1.54) is 70.6 Å². The van der Waals surface area contributed by atoms with Crippen LogP contribution in [0.4, 0.5) is 0 Å². The van der Waals surface area contributed by atoms with Gasteiger partial charge in [0.05, 0.1) is 0 Å². The molecule has 0 fully saturated rings. The normalized spacial score (nSPS) is 12.6. The smallest absolute Gasteiger partial charge is 0.195 e. The first kappa shape index (κ1) is 20.7. The van der Waals surface area contributed by atoms with Crippen molar-refractivity contribution in [3.8, 4) is 0 Å². The molecule has 22 heavy (non-hydrogen) atoms. The molecule has 0 aliphatic carbocycles. The van der Waals surface area contributed by atoms with Crippen LogP contribution in [0.2, 0.25) is 0 Å². The van der Waals surface area contributed by atoms with E-state index >= 15 is 0 Å². The summed E-state index contributed by atoms with van der Waals surface area (Å²) in [6.45, 7) is 3.03. The Kier molecular flexibility index (Phi) is 15.2. The second-order valence-corrected chi connectivity index (χ2v) is 5.89. The van der Waals surface area contributed by atoms with Crippen molar-refractivity contribution in [2.75, 3.05) is 13.6 Å². The highest BCUT2D eigenvalue weighted by Crippen LogP contribution is 2.11. The van der Waals surface area contributed by atoms with Gasteiger partial charge in [0.15, 0.2) is 11.9 Å². The highest BCUT2D eigenvalue weighted by molar-refractivity contribution is 5.96. The molecule has 130 valence electrons. The maximum absolute atomic E-state index is 5.67. The third-order valence-electron chi connectivity index (χ3n) is 3.79. The lowest BCUT2D eigenvalue weighted by Crippen LogP contribution is -2.41. The van der Waals surface area contributed by atoms with Crippen LogP contribution in [0.5, 0.6) is 0 Å². The summed E-state index contributed by atoms with van der Waals surface area (Å²) in [5.74, 6) is 0.655. The fraction of sp³-hybridized carbons (Fsp3) is 0.882. The fourth-order valence-corrected chi connectivity index (χ4v) is 2.38. The zero-order valence-electron chi connectivity index (χ0n) is 14.7. The molecule has 0 aromatic heterocycles. The van der Waals surface area contributed by atoms with Gasteiger partial charge < -0.3 is 11.5 Å². The first-order valence-corrected chi connectivity index (χ1v) is 9.00. The van der Waals surface area contributed by atoms with Crippen molar-refractivity contribution in [2.24, 2.45) is 21.5 Å². The number of aliphatic imine (C=N–C) groups is 2. The Hall–Kier alpha value is -1.26. The molecule has 0 aliphatic heterocycles. The molecular weight excluding hydrogens is 274 g/mol. The van der Waals surface area contributed by atoms with E-state index in [1.807, 2.05) is 0 Å². The molecule has 0 heterocycles. The molecular formula is C17H37N5. The lowest BCUT2D eigenvalue weighted by Gasteiger charge is -2.04. The summed E-state index contributed by atoms with van der Waals surface area (Å²) in [7, 11) is 1.61. The number of hydrogen-bond acceptors (Lipinski definition) is 2. The first-order chi connectivity index (χ1) is 10.7. The predicted octanol–water partition coefficient (Wildman–Crippen LogP) is 3.54. The van der Waals surface area contributed by atoms with Gasteiger partial charge in [-0.1, -0.05) is 77.6 Å². The van der Waals surface area contributed by atoms with Gasteiger partial charge in [-0.3, -0.25) is 15.3 Å². The summed E-state index contributed by atoms with van der Waals surface area (Å²) in [6.07, 6.45) is 16.2. The first-order valence-electron chi connectivity index (χ1n) is 9.00. The second kappa shape index (κ2) is 16.1. The van der Waals surface area contributed by atoms with Crippen molar-refractivity contribution in [1.82, 2.24) is 5.32 Å². The number of nitrogens with one attached hydrogen (secondary N) is 1. The summed E-state index contributed by atoms with van der Waals surface area (Å²) in [6, 6.07) is 0. The molecule has 0 saturated carbocycles. The Morgan fingerprint density at radius 2 is 1.18 bits per heavy atom. The maximum Gasteiger partial charge on any atom is 0.195 e. The molecule has 0 atom stereocenters. The molecule has 0 bridgehead atoms. The standard InChI is InChI=1S/C17H37N5/c1-3-4-5-6-7-8-9-10-11-12-13-14-15-21-17(19)22-16(18)20-2/h3-15H2,1-2H3,(H5,18,19,20,21,22).